The fourth-order valence-electron chi connectivity index (χ4n) is 3.15. The van der Waals surface area contributed by atoms with Crippen molar-refractivity contribution in [2.45, 2.75) is 57.2 Å². The normalized spacial score (nSPS) is 20.5. The lowest BCUT2D eigenvalue weighted by Crippen LogP contribution is -2.35. The average molecular weight is 262 g/mol. The molecule has 1 N–H and O–H groups in total. The van der Waals surface area contributed by atoms with Gasteiger partial charge < -0.3 is 14.8 Å². The maximum Gasteiger partial charge on any atom is 0.0951 e. The zero-order valence-electron chi connectivity index (χ0n) is 12.0. The van der Waals surface area contributed by atoms with Crippen LogP contribution in [0.15, 0.2) is 12.5 Å². The van der Waals surface area contributed by atoms with E-state index >= 15 is 0 Å². The van der Waals surface area contributed by atoms with Crippen molar-refractivity contribution in [3.8, 4) is 0 Å². The minimum atomic E-state index is 0.737. The first-order valence-electron chi connectivity index (χ1n) is 7.76. The molecular weight excluding hydrogens is 236 g/mol. The summed E-state index contributed by atoms with van der Waals surface area (Å²) in [5.41, 5.74) is 1.34. The third-order valence-electron chi connectivity index (χ3n) is 4.58. The van der Waals surface area contributed by atoms with Crippen LogP contribution in [0.1, 0.15) is 50.3 Å². The molecule has 0 radical (unpaired) electrons. The van der Waals surface area contributed by atoms with Crippen molar-refractivity contribution in [2.75, 3.05) is 20.1 Å². The molecule has 106 valence electrons. The summed E-state index contributed by atoms with van der Waals surface area (Å²) in [4.78, 5) is 6.80. The van der Waals surface area contributed by atoms with Gasteiger partial charge in [0.05, 0.1) is 12.0 Å². The van der Waals surface area contributed by atoms with Crippen LogP contribution in [0.2, 0.25) is 0 Å². The molecule has 1 aromatic rings. The predicted octanol–water partition coefficient (Wildman–Crippen LogP) is 2.18. The molecule has 1 aromatic heterocycles. The van der Waals surface area contributed by atoms with E-state index in [0.717, 1.165) is 31.7 Å². The van der Waals surface area contributed by atoms with Crippen LogP contribution in [0.3, 0.4) is 0 Å². The van der Waals surface area contributed by atoms with Crippen LogP contribution in [0.25, 0.3) is 0 Å². The van der Waals surface area contributed by atoms with Gasteiger partial charge >= 0.3 is 0 Å². The molecule has 4 heteroatoms. The first-order valence-corrected chi connectivity index (χ1v) is 7.76. The Balaban J connectivity index is 1.37. The lowest BCUT2D eigenvalue weighted by Gasteiger charge is -2.24. The zero-order chi connectivity index (χ0) is 13.1. The van der Waals surface area contributed by atoms with Gasteiger partial charge in [0.2, 0.25) is 0 Å². The summed E-state index contributed by atoms with van der Waals surface area (Å²) in [5, 5.41) is 3.56. The van der Waals surface area contributed by atoms with Gasteiger partial charge in [-0.05, 0) is 32.7 Å². The fraction of sp³-hybridized carbons (Fsp3) is 0.800. The van der Waals surface area contributed by atoms with Crippen molar-refractivity contribution in [1.82, 2.24) is 19.8 Å². The molecule has 0 amide bonds. The Labute approximate surface area is 116 Å². The SMILES string of the molecule is CN(CCNCc1cncn1C1CC1)C1CCCC1. The smallest absolute Gasteiger partial charge is 0.0951 e. The second-order valence-electron chi connectivity index (χ2n) is 6.12. The Morgan fingerprint density at radius 1 is 1.32 bits per heavy atom. The van der Waals surface area contributed by atoms with Gasteiger partial charge in [-0.3, -0.25) is 0 Å². The van der Waals surface area contributed by atoms with Crippen LogP contribution in [-0.4, -0.2) is 40.6 Å². The van der Waals surface area contributed by atoms with Crippen LogP contribution in [0.4, 0.5) is 0 Å². The highest BCUT2D eigenvalue weighted by molar-refractivity contribution is 5.03. The maximum atomic E-state index is 4.27. The lowest BCUT2D eigenvalue weighted by atomic mass is 10.2. The molecule has 19 heavy (non-hydrogen) atoms. The van der Waals surface area contributed by atoms with Gasteiger partial charge in [-0.25, -0.2) is 4.98 Å². The molecule has 2 aliphatic carbocycles. The lowest BCUT2D eigenvalue weighted by molar-refractivity contribution is 0.245. The Kier molecular flexibility index (Phi) is 4.18. The van der Waals surface area contributed by atoms with Crippen LogP contribution in [-0.2, 0) is 6.54 Å². The second-order valence-corrected chi connectivity index (χ2v) is 6.12. The molecule has 0 spiro atoms. The number of imidazole rings is 1. The summed E-state index contributed by atoms with van der Waals surface area (Å²) in [6, 6.07) is 1.57. The molecule has 0 unspecified atom stereocenters. The highest BCUT2D eigenvalue weighted by atomic mass is 15.2. The minimum Gasteiger partial charge on any atom is -0.330 e. The second kappa shape index (κ2) is 6.06. The number of nitrogens with zero attached hydrogens (tertiary/aromatic N) is 3. The van der Waals surface area contributed by atoms with Gasteiger partial charge in [0.1, 0.15) is 0 Å². The number of hydrogen-bond donors (Lipinski definition) is 1. The van der Waals surface area contributed by atoms with Crippen LogP contribution in [0, 0.1) is 0 Å². The largest absolute Gasteiger partial charge is 0.330 e. The topological polar surface area (TPSA) is 33.1 Å². The van der Waals surface area contributed by atoms with Crippen molar-refractivity contribution >= 4 is 0 Å². The van der Waals surface area contributed by atoms with Gasteiger partial charge in [0.25, 0.3) is 0 Å². The summed E-state index contributed by atoms with van der Waals surface area (Å²) < 4.78 is 2.34. The van der Waals surface area contributed by atoms with Crippen LogP contribution < -0.4 is 5.32 Å². The van der Waals surface area contributed by atoms with Crippen molar-refractivity contribution in [3.05, 3.63) is 18.2 Å². The van der Waals surface area contributed by atoms with E-state index in [1.165, 1.54) is 44.2 Å². The van der Waals surface area contributed by atoms with Crippen molar-refractivity contribution < 1.29 is 0 Å². The van der Waals surface area contributed by atoms with Crippen LogP contribution >= 0.6 is 0 Å². The number of likely N-dealkylation sites (N-methyl/N-ethyl adjacent to an activating group) is 1. The fourth-order valence-corrected chi connectivity index (χ4v) is 3.15. The molecule has 0 atom stereocenters. The number of hydrogen-bond acceptors (Lipinski definition) is 3. The molecule has 4 nitrogen and oxygen atoms in total. The Morgan fingerprint density at radius 3 is 2.84 bits per heavy atom. The van der Waals surface area contributed by atoms with Gasteiger partial charge in [-0.1, -0.05) is 12.8 Å². The molecule has 2 saturated carbocycles. The van der Waals surface area contributed by atoms with Crippen molar-refractivity contribution in [2.24, 2.45) is 0 Å². The molecule has 2 aliphatic rings. The summed E-state index contributed by atoms with van der Waals surface area (Å²) in [7, 11) is 2.27. The van der Waals surface area contributed by atoms with E-state index < -0.39 is 0 Å². The molecule has 0 bridgehead atoms. The maximum absolute atomic E-state index is 4.27. The van der Waals surface area contributed by atoms with E-state index in [4.69, 9.17) is 0 Å². The number of rotatable bonds is 7. The zero-order valence-corrected chi connectivity index (χ0v) is 12.0. The van der Waals surface area contributed by atoms with Gasteiger partial charge in [0, 0.05) is 37.9 Å². The Hall–Kier alpha value is -0.870. The molecule has 0 aromatic carbocycles. The minimum absolute atomic E-state index is 0.737. The summed E-state index contributed by atoms with van der Waals surface area (Å²) in [5.74, 6) is 0. The number of aromatic nitrogens is 2. The van der Waals surface area contributed by atoms with Crippen molar-refractivity contribution in [1.29, 1.82) is 0 Å². The molecule has 0 aliphatic heterocycles. The molecule has 0 saturated heterocycles. The third-order valence-corrected chi connectivity index (χ3v) is 4.58. The predicted molar refractivity (Wildman–Crippen MR) is 77.1 cm³/mol. The standard InChI is InChI=1S/C15H26N4/c1-18(13-4-2-3-5-13)9-8-16-10-15-11-17-12-19(15)14-6-7-14/h11-14,16H,2-10H2,1H3. The van der Waals surface area contributed by atoms with E-state index in [9.17, 15) is 0 Å². The molecular formula is C15H26N4. The third kappa shape index (κ3) is 3.37. The molecule has 2 fully saturated rings. The quantitative estimate of drug-likeness (QED) is 0.765. The van der Waals surface area contributed by atoms with Crippen LogP contribution in [0.5, 0.6) is 0 Å². The average Bonchev–Trinajstić information content (AvgIpc) is 2.95. The van der Waals surface area contributed by atoms with Crippen molar-refractivity contribution in [3.63, 3.8) is 0 Å². The first kappa shape index (κ1) is 13.1. The van der Waals surface area contributed by atoms with E-state index in [1.807, 2.05) is 12.5 Å². The van der Waals surface area contributed by atoms with Gasteiger partial charge in [-0.15, -0.1) is 0 Å². The molecule has 1 heterocycles. The Morgan fingerprint density at radius 2 is 2.11 bits per heavy atom. The Bertz CT molecular complexity index is 391. The monoisotopic (exact) mass is 262 g/mol. The first-order chi connectivity index (χ1) is 9.34. The van der Waals surface area contributed by atoms with E-state index in [0.29, 0.717) is 0 Å². The summed E-state index contributed by atoms with van der Waals surface area (Å²) in [6.07, 6.45) is 12.3. The van der Waals surface area contributed by atoms with E-state index in [2.05, 4.69) is 26.8 Å². The summed E-state index contributed by atoms with van der Waals surface area (Å²) in [6.45, 7) is 3.18. The van der Waals surface area contributed by atoms with Gasteiger partial charge in [-0.2, -0.15) is 0 Å². The summed E-state index contributed by atoms with van der Waals surface area (Å²) >= 11 is 0. The van der Waals surface area contributed by atoms with Gasteiger partial charge in [0.15, 0.2) is 0 Å². The van der Waals surface area contributed by atoms with E-state index in [1.54, 1.807) is 0 Å². The van der Waals surface area contributed by atoms with E-state index in [-0.39, 0.29) is 0 Å². The number of nitrogens with one attached hydrogen (secondary N) is 1. The highest BCUT2D eigenvalue weighted by Gasteiger charge is 2.25. The highest BCUT2D eigenvalue weighted by Crippen LogP contribution is 2.35. The molecule has 3 rings (SSSR count).